The molecule has 1 heterocycles. The molecule has 0 bridgehead atoms. The van der Waals surface area contributed by atoms with Gasteiger partial charge in [-0.2, -0.15) is 16.8 Å². The second-order valence-electron chi connectivity index (χ2n) is 4.34. The third-order valence-corrected chi connectivity index (χ3v) is 4.31. The Morgan fingerprint density at radius 2 is 2.20 bits per heavy atom. The predicted molar refractivity (Wildman–Crippen MR) is 80.0 cm³/mol. The maximum atomic E-state index is 11.4. The Morgan fingerprint density at radius 1 is 1.55 bits per heavy atom. The van der Waals surface area contributed by atoms with Crippen LogP contribution in [0.5, 0.6) is 0 Å². The Morgan fingerprint density at radius 3 is 2.65 bits per heavy atom. The Balaban J connectivity index is 3.14. The summed E-state index contributed by atoms with van der Waals surface area (Å²) in [6.07, 6.45) is 3.99. The van der Waals surface area contributed by atoms with Crippen molar-refractivity contribution >= 4 is 46.2 Å². The van der Waals surface area contributed by atoms with Gasteiger partial charge >= 0.3 is 5.97 Å². The quantitative estimate of drug-likeness (QED) is 0.655. The second kappa shape index (κ2) is 7.80. The van der Waals surface area contributed by atoms with Crippen molar-refractivity contribution in [2.24, 2.45) is 0 Å². The Labute approximate surface area is 130 Å². The molecule has 2 unspecified atom stereocenters. The Bertz CT molecular complexity index is 418. The highest BCUT2D eigenvalue weighted by atomic mass is 79.9. The van der Waals surface area contributed by atoms with Crippen LogP contribution in [-0.4, -0.2) is 58.8 Å². The first-order valence-corrected chi connectivity index (χ1v) is 8.16. The number of thioether (sulfide) groups is 1. The number of hydrogen-bond donors (Lipinski definition) is 0. The fourth-order valence-corrected chi connectivity index (χ4v) is 3.27. The predicted octanol–water partition coefficient (Wildman–Crippen LogP) is 1.16. The summed E-state index contributed by atoms with van der Waals surface area (Å²) in [7, 11) is 0. The van der Waals surface area contributed by atoms with Gasteiger partial charge in [0.25, 0.3) is 0 Å². The molecule has 1 rings (SSSR count). The fraction of sp³-hybridized carbons (Fsp3) is 0.583. The molecule has 0 N–H and O–H groups in total. The molecule has 20 heavy (non-hydrogen) atoms. The summed E-state index contributed by atoms with van der Waals surface area (Å²) in [5.74, 6) is 0.207. The van der Waals surface area contributed by atoms with Crippen LogP contribution in [0.1, 0.15) is 13.8 Å². The van der Waals surface area contributed by atoms with Gasteiger partial charge in [0.2, 0.25) is 0 Å². The Hall–Kier alpha value is -0.860. The van der Waals surface area contributed by atoms with E-state index in [0.29, 0.717) is 10.8 Å². The lowest BCUT2D eigenvalue weighted by Crippen LogP contribution is -2.59. The van der Waals surface area contributed by atoms with Crippen molar-refractivity contribution in [1.29, 1.82) is 0 Å². The summed E-state index contributed by atoms with van der Waals surface area (Å²) in [6, 6.07) is -0.617. The summed E-state index contributed by atoms with van der Waals surface area (Å²) in [6.45, 7) is 3.17. The number of nitrogens with zero attached hydrogens (tertiary/aromatic N) is 2. The number of carbonyl (C=O) groups excluding carboxylic acids is 3. The van der Waals surface area contributed by atoms with Crippen molar-refractivity contribution in [1.82, 2.24) is 9.96 Å². The van der Waals surface area contributed by atoms with Gasteiger partial charge < -0.3 is 9.63 Å². The number of halogens is 1. The molecular weight excluding hydrogens is 348 g/mol. The molecule has 112 valence electrons. The summed E-state index contributed by atoms with van der Waals surface area (Å²) in [5.41, 5.74) is 0. The van der Waals surface area contributed by atoms with Crippen LogP contribution < -0.4 is 0 Å². The average Bonchev–Trinajstić information content (AvgIpc) is 2.37. The first-order valence-electron chi connectivity index (χ1n) is 5.97. The third kappa shape index (κ3) is 3.83. The zero-order chi connectivity index (χ0) is 15.3. The highest BCUT2D eigenvalue weighted by Crippen LogP contribution is 2.28. The van der Waals surface area contributed by atoms with Crippen molar-refractivity contribution in [3.8, 4) is 0 Å². The number of hydroxylamine groups is 2. The van der Waals surface area contributed by atoms with Crippen molar-refractivity contribution in [3.05, 3.63) is 10.7 Å². The molecule has 0 spiro atoms. The van der Waals surface area contributed by atoms with E-state index in [1.807, 2.05) is 13.2 Å². The first kappa shape index (κ1) is 17.2. The monoisotopic (exact) mass is 364 g/mol. The number of rotatable bonds is 6. The van der Waals surface area contributed by atoms with Gasteiger partial charge in [-0.05, 0) is 13.2 Å². The normalized spacial score (nSPS) is 24.8. The standard InChI is InChI=1S/C12H17BrN2O4S/c1-8(7-20-3)15-11(5-16)10(13)4-14(12(15)6-17)19-9(2)18/h4-6,8,11-12H,7H2,1-3H3/t8-,11?,12?/m0/s1. The highest BCUT2D eigenvalue weighted by molar-refractivity contribution is 9.11. The minimum absolute atomic E-state index is 0.0466. The maximum absolute atomic E-state index is 11.4. The van der Waals surface area contributed by atoms with E-state index in [2.05, 4.69) is 15.9 Å². The first-order chi connectivity index (χ1) is 9.46. The topological polar surface area (TPSA) is 66.9 Å². The van der Waals surface area contributed by atoms with E-state index in [4.69, 9.17) is 4.84 Å². The molecule has 0 saturated carbocycles. The molecule has 0 saturated heterocycles. The van der Waals surface area contributed by atoms with Gasteiger partial charge in [-0.1, -0.05) is 15.9 Å². The van der Waals surface area contributed by atoms with Crippen LogP contribution in [0.4, 0.5) is 0 Å². The highest BCUT2D eigenvalue weighted by Gasteiger charge is 2.39. The molecule has 0 aromatic heterocycles. The summed E-state index contributed by atoms with van der Waals surface area (Å²) in [5, 5.41) is 1.16. The van der Waals surface area contributed by atoms with E-state index in [1.54, 1.807) is 16.7 Å². The molecule has 6 nitrogen and oxygen atoms in total. The van der Waals surface area contributed by atoms with Gasteiger partial charge in [0.15, 0.2) is 12.5 Å². The van der Waals surface area contributed by atoms with Crippen LogP contribution in [0.3, 0.4) is 0 Å². The smallest absolute Gasteiger partial charge is 0.329 e. The number of aldehydes is 2. The van der Waals surface area contributed by atoms with E-state index >= 15 is 0 Å². The second-order valence-corrected chi connectivity index (χ2v) is 6.17. The van der Waals surface area contributed by atoms with Gasteiger partial charge in [0.1, 0.15) is 12.3 Å². The molecule has 0 fully saturated rings. The zero-order valence-corrected chi connectivity index (χ0v) is 13.9. The van der Waals surface area contributed by atoms with Gasteiger partial charge in [-0.3, -0.25) is 14.5 Å². The van der Waals surface area contributed by atoms with E-state index in [-0.39, 0.29) is 6.04 Å². The lowest BCUT2D eigenvalue weighted by molar-refractivity contribution is -0.202. The van der Waals surface area contributed by atoms with Gasteiger partial charge in [0.05, 0.1) is 6.20 Å². The van der Waals surface area contributed by atoms with Crippen molar-refractivity contribution in [3.63, 3.8) is 0 Å². The van der Waals surface area contributed by atoms with E-state index in [0.717, 1.165) is 17.1 Å². The molecule has 8 heteroatoms. The number of hydrogen-bond acceptors (Lipinski definition) is 7. The maximum Gasteiger partial charge on any atom is 0.329 e. The lowest BCUT2D eigenvalue weighted by Gasteiger charge is -2.44. The van der Waals surface area contributed by atoms with Gasteiger partial charge in [-0.15, -0.1) is 0 Å². The van der Waals surface area contributed by atoms with Crippen molar-refractivity contribution in [2.75, 3.05) is 12.0 Å². The molecular formula is C12H17BrN2O4S. The van der Waals surface area contributed by atoms with Crippen molar-refractivity contribution in [2.45, 2.75) is 32.1 Å². The van der Waals surface area contributed by atoms with Gasteiger partial charge in [0, 0.05) is 23.2 Å². The van der Waals surface area contributed by atoms with Crippen LogP contribution in [0.25, 0.3) is 0 Å². The van der Waals surface area contributed by atoms with E-state index < -0.39 is 18.2 Å². The molecule has 1 aliphatic heterocycles. The van der Waals surface area contributed by atoms with Crippen LogP contribution in [0, 0.1) is 0 Å². The lowest BCUT2D eigenvalue weighted by atomic mass is 10.1. The Kier molecular flexibility index (Phi) is 6.70. The molecule has 0 aliphatic carbocycles. The largest absolute Gasteiger partial charge is 0.340 e. The van der Waals surface area contributed by atoms with E-state index in [9.17, 15) is 14.4 Å². The molecule has 0 radical (unpaired) electrons. The number of carbonyl (C=O) groups is 3. The average molecular weight is 365 g/mol. The minimum Gasteiger partial charge on any atom is -0.340 e. The van der Waals surface area contributed by atoms with Crippen LogP contribution >= 0.6 is 27.7 Å². The zero-order valence-electron chi connectivity index (χ0n) is 11.5. The SMILES string of the molecule is CSC[C@H](C)N1C(C=O)C(Br)=CN(OC(C)=O)C1C=O. The third-order valence-electron chi connectivity index (χ3n) is 2.82. The van der Waals surface area contributed by atoms with Crippen molar-refractivity contribution < 1.29 is 19.2 Å². The fourth-order valence-electron chi connectivity index (χ4n) is 2.07. The molecule has 0 aromatic carbocycles. The van der Waals surface area contributed by atoms with E-state index in [1.165, 1.54) is 13.1 Å². The van der Waals surface area contributed by atoms with Crippen LogP contribution in [-0.2, 0) is 19.2 Å². The van der Waals surface area contributed by atoms with Crippen LogP contribution in [0.2, 0.25) is 0 Å². The molecule has 1 aliphatic rings. The minimum atomic E-state index is -0.822. The molecule has 3 atom stereocenters. The molecule has 0 amide bonds. The summed E-state index contributed by atoms with van der Waals surface area (Å²) < 4.78 is 0.541. The molecule has 0 aromatic rings. The summed E-state index contributed by atoms with van der Waals surface area (Å²) in [4.78, 5) is 40.6. The van der Waals surface area contributed by atoms with Gasteiger partial charge in [-0.25, -0.2) is 0 Å². The van der Waals surface area contributed by atoms with Crippen LogP contribution in [0.15, 0.2) is 10.7 Å². The summed E-state index contributed by atoms with van der Waals surface area (Å²) >= 11 is 4.90.